The zero-order valence-corrected chi connectivity index (χ0v) is 15.5. The smallest absolute Gasteiger partial charge is 0.143 e. The Kier molecular flexibility index (Phi) is 4.94. The monoisotopic (exact) mass is 416 g/mol. The fourth-order valence-corrected chi connectivity index (χ4v) is 5.05. The first-order valence-electron chi connectivity index (χ1n) is 7.67. The number of hydrogen-bond acceptors (Lipinski definition) is 3. The lowest BCUT2D eigenvalue weighted by atomic mass is 9.82. The average Bonchev–Trinajstić information content (AvgIpc) is 2.43. The van der Waals surface area contributed by atoms with Crippen LogP contribution < -0.4 is 5.32 Å². The summed E-state index contributed by atoms with van der Waals surface area (Å²) in [4.78, 5) is 2.59. The summed E-state index contributed by atoms with van der Waals surface area (Å²) in [5.74, 6) is 0.271. The summed E-state index contributed by atoms with van der Waals surface area (Å²) >= 11 is 6.79. The van der Waals surface area contributed by atoms with Gasteiger partial charge in [-0.15, -0.1) is 0 Å². The Morgan fingerprint density at radius 1 is 1.19 bits per heavy atom. The van der Waals surface area contributed by atoms with Gasteiger partial charge in [0.05, 0.1) is 8.95 Å². The summed E-state index contributed by atoms with van der Waals surface area (Å²) in [5, 5.41) is 13.5. The second-order valence-corrected chi connectivity index (χ2v) is 8.07. The van der Waals surface area contributed by atoms with E-state index in [9.17, 15) is 5.11 Å². The van der Waals surface area contributed by atoms with Crippen molar-refractivity contribution in [3.63, 3.8) is 0 Å². The van der Waals surface area contributed by atoms with Crippen LogP contribution >= 0.6 is 31.9 Å². The number of fused-ring (bicyclic) bond motifs is 2. The summed E-state index contributed by atoms with van der Waals surface area (Å²) in [6.45, 7) is 0.852. The van der Waals surface area contributed by atoms with Gasteiger partial charge in [-0.3, -0.25) is 0 Å². The Labute approximate surface area is 143 Å². The van der Waals surface area contributed by atoms with Crippen molar-refractivity contribution in [2.24, 2.45) is 0 Å². The number of aromatic hydroxyl groups is 1. The zero-order valence-electron chi connectivity index (χ0n) is 12.3. The fourth-order valence-electron chi connectivity index (χ4n) is 3.76. The zero-order chi connectivity index (χ0) is 15.0. The van der Waals surface area contributed by atoms with Gasteiger partial charge in [0.25, 0.3) is 0 Å². The highest BCUT2D eigenvalue weighted by atomic mass is 79.9. The first-order chi connectivity index (χ1) is 10.0. The number of piperidine rings is 2. The summed E-state index contributed by atoms with van der Waals surface area (Å²) in [5.41, 5.74) is 1.19. The van der Waals surface area contributed by atoms with Crippen LogP contribution in [0.5, 0.6) is 5.75 Å². The van der Waals surface area contributed by atoms with Gasteiger partial charge in [0.1, 0.15) is 5.75 Å². The van der Waals surface area contributed by atoms with Crippen molar-refractivity contribution in [1.82, 2.24) is 10.2 Å². The lowest BCUT2D eigenvalue weighted by Gasteiger charge is -2.47. The van der Waals surface area contributed by atoms with E-state index in [2.05, 4.69) is 49.1 Å². The fraction of sp³-hybridized carbons (Fsp3) is 0.625. The van der Waals surface area contributed by atoms with Gasteiger partial charge in [-0.05, 0) is 82.3 Å². The van der Waals surface area contributed by atoms with Crippen molar-refractivity contribution in [2.75, 3.05) is 7.05 Å². The lowest BCUT2D eigenvalue weighted by Crippen LogP contribution is -2.54. The van der Waals surface area contributed by atoms with Crippen LogP contribution in [0.15, 0.2) is 21.1 Å². The van der Waals surface area contributed by atoms with Crippen LogP contribution in [-0.2, 0) is 6.54 Å². The minimum Gasteiger partial charge on any atom is -0.506 e. The van der Waals surface area contributed by atoms with Crippen LogP contribution in [0.2, 0.25) is 0 Å². The first-order valence-corrected chi connectivity index (χ1v) is 9.25. The molecule has 0 spiro atoms. The lowest BCUT2D eigenvalue weighted by molar-refractivity contribution is 0.0482. The summed E-state index contributed by atoms with van der Waals surface area (Å²) in [6.07, 6.45) is 6.61. The molecule has 2 fully saturated rings. The molecule has 3 rings (SSSR count). The highest BCUT2D eigenvalue weighted by molar-refractivity contribution is 9.11. The van der Waals surface area contributed by atoms with Crippen molar-refractivity contribution in [1.29, 1.82) is 0 Å². The molecular formula is C16H22Br2N2O. The SMILES string of the molecule is CN1C2CCCC1CC(NCc1cc(Br)c(O)c(Br)c1)C2. The highest BCUT2D eigenvalue weighted by Crippen LogP contribution is 2.34. The molecule has 116 valence electrons. The van der Waals surface area contributed by atoms with Crippen LogP contribution in [-0.4, -0.2) is 35.2 Å². The van der Waals surface area contributed by atoms with Gasteiger partial charge >= 0.3 is 0 Å². The molecule has 0 radical (unpaired) electrons. The molecule has 2 heterocycles. The van der Waals surface area contributed by atoms with E-state index in [0.717, 1.165) is 27.6 Å². The minimum atomic E-state index is 0.271. The Bertz CT molecular complexity index is 486. The van der Waals surface area contributed by atoms with Crippen LogP contribution in [0.25, 0.3) is 0 Å². The maximum absolute atomic E-state index is 9.77. The van der Waals surface area contributed by atoms with E-state index >= 15 is 0 Å². The Morgan fingerprint density at radius 3 is 2.33 bits per heavy atom. The topological polar surface area (TPSA) is 35.5 Å². The number of phenolic OH excluding ortho intramolecular Hbond substituents is 1. The molecule has 0 amide bonds. The predicted octanol–water partition coefficient (Wildman–Crippen LogP) is 4.02. The largest absolute Gasteiger partial charge is 0.506 e. The van der Waals surface area contributed by atoms with E-state index < -0.39 is 0 Å². The second-order valence-electron chi connectivity index (χ2n) is 6.36. The van der Waals surface area contributed by atoms with Crippen molar-refractivity contribution in [3.8, 4) is 5.75 Å². The molecule has 1 aromatic carbocycles. The normalized spacial score (nSPS) is 29.6. The van der Waals surface area contributed by atoms with E-state index in [4.69, 9.17) is 0 Å². The van der Waals surface area contributed by atoms with E-state index in [1.807, 2.05) is 12.1 Å². The molecule has 5 heteroatoms. The van der Waals surface area contributed by atoms with Crippen LogP contribution in [0.3, 0.4) is 0 Å². The van der Waals surface area contributed by atoms with Gasteiger partial charge in [-0.1, -0.05) is 6.42 Å². The molecule has 2 bridgehead atoms. The van der Waals surface area contributed by atoms with Gasteiger partial charge < -0.3 is 15.3 Å². The highest BCUT2D eigenvalue weighted by Gasteiger charge is 2.35. The molecule has 2 aliphatic rings. The molecule has 21 heavy (non-hydrogen) atoms. The molecule has 0 aromatic heterocycles. The van der Waals surface area contributed by atoms with Crippen molar-refractivity contribution >= 4 is 31.9 Å². The number of hydrogen-bond donors (Lipinski definition) is 2. The van der Waals surface area contributed by atoms with Gasteiger partial charge in [0, 0.05) is 24.7 Å². The predicted molar refractivity (Wildman–Crippen MR) is 92.6 cm³/mol. The maximum atomic E-state index is 9.77. The van der Waals surface area contributed by atoms with E-state index in [1.165, 1.54) is 37.7 Å². The van der Waals surface area contributed by atoms with E-state index in [1.54, 1.807) is 0 Å². The maximum Gasteiger partial charge on any atom is 0.143 e. The van der Waals surface area contributed by atoms with Crippen molar-refractivity contribution in [3.05, 3.63) is 26.6 Å². The van der Waals surface area contributed by atoms with Crippen LogP contribution in [0, 0.1) is 0 Å². The molecule has 3 nitrogen and oxygen atoms in total. The third-order valence-electron chi connectivity index (χ3n) is 5.01. The molecular weight excluding hydrogens is 396 g/mol. The number of benzene rings is 1. The second kappa shape index (κ2) is 6.57. The minimum absolute atomic E-state index is 0.271. The Hall–Kier alpha value is -0.100. The summed E-state index contributed by atoms with van der Waals surface area (Å²) in [7, 11) is 2.29. The molecule has 2 atom stereocenters. The molecule has 2 aliphatic heterocycles. The Balaban J connectivity index is 1.61. The number of nitrogens with zero attached hydrogens (tertiary/aromatic N) is 1. The van der Waals surface area contributed by atoms with Crippen LogP contribution in [0.4, 0.5) is 0 Å². The van der Waals surface area contributed by atoms with Gasteiger partial charge in [-0.25, -0.2) is 0 Å². The first kappa shape index (κ1) is 15.8. The standard InChI is InChI=1S/C16H22Br2N2O/c1-20-12-3-2-4-13(20)8-11(7-12)19-9-10-5-14(17)16(21)15(18)6-10/h5-6,11-13,19,21H,2-4,7-9H2,1H3. The molecule has 0 saturated carbocycles. The van der Waals surface area contributed by atoms with E-state index in [-0.39, 0.29) is 5.75 Å². The van der Waals surface area contributed by atoms with Gasteiger partial charge in [0.2, 0.25) is 0 Å². The molecule has 2 saturated heterocycles. The van der Waals surface area contributed by atoms with Crippen LogP contribution in [0.1, 0.15) is 37.7 Å². The molecule has 0 aliphatic carbocycles. The summed E-state index contributed by atoms with van der Waals surface area (Å²) in [6, 6.07) is 6.11. The average molecular weight is 418 g/mol. The molecule has 2 N–H and O–H groups in total. The van der Waals surface area contributed by atoms with Gasteiger partial charge in [0.15, 0.2) is 0 Å². The molecule has 1 aromatic rings. The number of nitrogens with one attached hydrogen (secondary N) is 1. The Morgan fingerprint density at radius 2 is 1.76 bits per heavy atom. The number of rotatable bonds is 3. The number of phenols is 1. The third kappa shape index (κ3) is 3.46. The van der Waals surface area contributed by atoms with Crippen molar-refractivity contribution < 1.29 is 5.11 Å². The third-order valence-corrected chi connectivity index (χ3v) is 6.22. The quantitative estimate of drug-likeness (QED) is 0.779. The number of halogens is 2. The van der Waals surface area contributed by atoms with Gasteiger partial charge in [-0.2, -0.15) is 0 Å². The molecule has 2 unspecified atom stereocenters. The van der Waals surface area contributed by atoms with Crippen molar-refractivity contribution in [2.45, 2.75) is 56.8 Å². The summed E-state index contributed by atoms with van der Waals surface area (Å²) < 4.78 is 1.49. The van der Waals surface area contributed by atoms with E-state index in [0.29, 0.717) is 6.04 Å².